The first-order valence-corrected chi connectivity index (χ1v) is 6.98. The fourth-order valence-electron chi connectivity index (χ4n) is 2.44. The third-order valence-corrected chi connectivity index (χ3v) is 4.00. The number of benzene rings is 1. The van der Waals surface area contributed by atoms with E-state index in [0.29, 0.717) is 12.0 Å². The molecular weight excluding hydrogens is 338 g/mol. The molecule has 0 bridgehead atoms. The number of halogens is 4. The molecular formula is C13H18BrClF2N2. The molecule has 1 aliphatic heterocycles. The molecule has 1 fully saturated rings. The van der Waals surface area contributed by atoms with Crippen molar-refractivity contribution in [2.24, 2.45) is 0 Å². The van der Waals surface area contributed by atoms with Crippen LogP contribution in [0.25, 0.3) is 0 Å². The van der Waals surface area contributed by atoms with Crippen LogP contribution in [-0.2, 0) is 0 Å². The van der Waals surface area contributed by atoms with Crippen molar-refractivity contribution in [2.45, 2.75) is 12.5 Å². The van der Waals surface area contributed by atoms with E-state index in [1.807, 2.05) is 6.07 Å². The smallest absolute Gasteiger partial charge is 0.129 e. The van der Waals surface area contributed by atoms with E-state index in [1.54, 1.807) is 6.07 Å². The number of hydrogen-bond donors (Lipinski definition) is 1. The van der Waals surface area contributed by atoms with Crippen LogP contribution in [0.3, 0.4) is 0 Å². The van der Waals surface area contributed by atoms with E-state index in [-0.39, 0.29) is 24.3 Å². The molecule has 0 radical (unpaired) electrons. The summed E-state index contributed by atoms with van der Waals surface area (Å²) in [5.74, 6) is -0.263. The molecule has 0 unspecified atom stereocenters. The molecule has 1 aromatic carbocycles. The summed E-state index contributed by atoms with van der Waals surface area (Å²) in [4.78, 5) is 2.15. The van der Waals surface area contributed by atoms with Gasteiger partial charge in [-0.25, -0.2) is 4.39 Å². The van der Waals surface area contributed by atoms with Crippen LogP contribution in [0.5, 0.6) is 0 Å². The molecule has 19 heavy (non-hydrogen) atoms. The standard InChI is InChI=1S/C13H17BrF2N2.ClH/c14-10-2-1-3-11(16)13(10)12(4-5-15)18-8-6-17-7-9-18;/h1-3,12,17H,4-9H2;1H/t12-;/m0./s1. The summed E-state index contributed by atoms with van der Waals surface area (Å²) in [6.45, 7) is 2.95. The SMILES string of the molecule is Cl.FCC[C@@H](c1c(F)cccc1Br)N1CCNCC1. The monoisotopic (exact) mass is 354 g/mol. The van der Waals surface area contributed by atoms with Crippen molar-refractivity contribution in [3.63, 3.8) is 0 Å². The lowest BCUT2D eigenvalue weighted by atomic mass is 10.0. The van der Waals surface area contributed by atoms with Crippen LogP contribution in [-0.4, -0.2) is 37.8 Å². The fraction of sp³-hybridized carbons (Fsp3) is 0.538. The second-order valence-corrected chi connectivity index (χ2v) is 5.27. The van der Waals surface area contributed by atoms with Gasteiger partial charge in [0, 0.05) is 42.3 Å². The molecule has 0 spiro atoms. The van der Waals surface area contributed by atoms with Gasteiger partial charge in [-0.05, 0) is 18.6 Å². The van der Waals surface area contributed by atoms with Gasteiger partial charge in [-0.1, -0.05) is 22.0 Å². The highest BCUT2D eigenvalue weighted by Crippen LogP contribution is 2.32. The molecule has 1 N–H and O–H groups in total. The zero-order valence-electron chi connectivity index (χ0n) is 10.5. The third kappa shape index (κ3) is 4.12. The molecule has 2 rings (SSSR count). The summed E-state index contributed by atoms with van der Waals surface area (Å²) in [7, 11) is 0. The zero-order valence-corrected chi connectivity index (χ0v) is 12.9. The van der Waals surface area contributed by atoms with Crippen LogP contribution in [0, 0.1) is 5.82 Å². The summed E-state index contributed by atoms with van der Waals surface area (Å²) >= 11 is 3.38. The second-order valence-electron chi connectivity index (χ2n) is 4.41. The first kappa shape index (κ1) is 16.8. The molecule has 1 saturated heterocycles. The molecule has 0 aromatic heterocycles. The van der Waals surface area contributed by atoms with Crippen molar-refractivity contribution < 1.29 is 8.78 Å². The lowest BCUT2D eigenvalue weighted by Crippen LogP contribution is -2.45. The maximum Gasteiger partial charge on any atom is 0.129 e. The van der Waals surface area contributed by atoms with Crippen molar-refractivity contribution in [2.75, 3.05) is 32.9 Å². The van der Waals surface area contributed by atoms with E-state index < -0.39 is 6.67 Å². The maximum atomic E-state index is 14.0. The zero-order chi connectivity index (χ0) is 13.0. The Kier molecular flexibility index (Phi) is 7.21. The van der Waals surface area contributed by atoms with Gasteiger partial charge >= 0.3 is 0 Å². The highest BCUT2D eigenvalue weighted by molar-refractivity contribution is 9.10. The Labute approximate surface area is 127 Å². The number of rotatable bonds is 4. The van der Waals surface area contributed by atoms with Gasteiger partial charge < -0.3 is 5.32 Å². The number of hydrogen-bond acceptors (Lipinski definition) is 2. The summed E-state index contributed by atoms with van der Waals surface area (Å²) in [5.41, 5.74) is 0.581. The third-order valence-electron chi connectivity index (χ3n) is 3.31. The fourth-order valence-corrected chi connectivity index (χ4v) is 3.04. The first-order chi connectivity index (χ1) is 8.74. The van der Waals surface area contributed by atoms with Crippen molar-refractivity contribution >= 4 is 28.3 Å². The molecule has 6 heteroatoms. The average Bonchev–Trinajstić information content (AvgIpc) is 2.38. The van der Waals surface area contributed by atoms with Crippen LogP contribution in [0.15, 0.2) is 22.7 Å². The molecule has 1 heterocycles. The molecule has 2 nitrogen and oxygen atoms in total. The number of nitrogens with one attached hydrogen (secondary N) is 1. The predicted octanol–water partition coefficient (Wildman–Crippen LogP) is 3.32. The molecule has 0 aliphatic carbocycles. The van der Waals surface area contributed by atoms with Crippen LogP contribution in [0.4, 0.5) is 8.78 Å². The predicted molar refractivity (Wildman–Crippen MR) is 79.1 cm³/mol. The summed E-state index contributed by atoms with van der Waals surface area (Å²) in [6, 6.07) is 4.72. The summed E-state index contributed by atoms with van der Waals surface area (Å²) < 4.78 is 27.5. The molecule has 0 saturated carbocycles. The van der Waals surface area contributed by atoms with Gasteiger partial charge in [0.1, 0.15) is 5.82 Å². The van der Waals surface area contributed by atoms with E-state index in [4.69, 9.17) is 0 Å². The normalized spacial score (nSPS) is 17.8. The van der Waals surface area contributed by atoms with Crippen LogP contribution < -0.4 is 5.32 Å². The van der Waals surface area contributed by atoms with Gasteiger partial charge in [0.25, 0.3) is 0 Å². The number of alkyl halides is 1. The van der Waals surface area contributed by atoms with Gasteiger partial charge in [-0.2, -0.15) is 0 Å². The Morgan fingerprint density at radius 2 is 2.00 bits per heavy atom. The van der Waals surface area contributed by atoms with Crippen LogP contribution in [0.2, 0.25) is 0 Å². The Balaban J connectivity index is 0.00000180. The second kappa shape index (κ2) is 8.15. The minimum atomic E-state index is -0.435. The minimum absolute atomic E-state index is 0. The Morgan fingerprint density at radius 3 is 2.58 bits per heavy atom. The highest BCUT2D eigenvalue weighted by atomic mass is 79.9. The van der Waals surface area contributed by atoms with Crippen molar-refractivity contribution in [1.82, 2.24) is 10.2 Å². The van der Waals surface area contributed by atoms with Crippen LogP contribution >= 0.6 is 28.3 Å². The van der Waals surface area contributed by atoms with Gasteiger partial charge in [-0.15, -0.1) is 12.4 Å². The van der Waals surface area contributed by atoms with E-state index in [0.717, 1.165) is 30.7 Å². The lowest BCUT2D eigenvalue weighted by molar-refractivity contribution is 0.154. The summed E-state index contributed by atoms with van der Waals surface area (Å²) in [5, 5.41) is 3.25. The van der Waals surface area contributed by atoms with E-state index in [9.17, 15) is 8.78 Å². The minimum Gasteiger partial charge on any atom is -0.314 e. The summed E-state index contributed by atoms with van der Waals surface area (Å²) in [6.07, 6.45) is 0.333. The van der Waals surface area contributed by atoms with Crippen molar-refractivity contribution in [3.8, 4) is 0 Å². The first-order valence-electron chi connectivity index (χ1n) is 6.18. The van der Waals surface area contributed by atoms with Gasteiger partial charge in [0.05, 0.1) is 6.67 Å². The van der Waals surface area contributed by atoms with E-state index >= 15 is 0 Å². The highest BCUT2D eigenvalue weighted by Gasteiger charge is 2.26. The van der Waals surface area contributed by atoms with Gasteiger partial charge in [0.2, 0.25) is 0 Å². The molecule has 1 aliphatic rings. The molecule has 108 valence electrons. The van der Waals surface area contributed by atoms with Gasteiger partial charge in [0.15, 0.2) is 0 Å². The molecule has 1 aromatic rings. The van der Waals surface area contributed by atoms with Crippen molar-refractivity contribution in [1.29, 1.82) is 0 Å². The molecule has 0 amide bonds. The van der Waals surface area contributed by atoms with E-state index in [2.05, 4.69) is 26.1 Å². The number of piperazine rings is 1. The Hall–Kier alpha value is -0.230. The van der Waals surface area contributed by atoms with Crippen LogP contribution in [0.1, 0.15) is 18.0 Å². The molecule has 1 atom stereocenters. The Bertz CT molecular complexity index is 380. The van der Waals surface area contributed by atoms with Gasteiger partial charge in [-0.3, -0.25) is 9.29 Å². The number of nitrogens with zero attached hydrogens (tertiary/aromatic N) is 1. The maximum absolute atomic E-state index is 14.0. The quantitative estimate of drug-likeness (QED) is 0.891. The topological polar surface area (TPSA) is 15.3 Å². The average molecular weight is 356 g/mol. The van der Waals surface area contributed by atoms with Crippen molar-refractivity contribution in [3.05, 3.63) is 34.1 Å². The lowest BCUT2D eigenvalue weighted by Gasteiger charge is -2.35. The largest absolute Gasteiger partial charge is 0.314 e. The Morgan fingerprint density at radius 1 is 1.32 bits per heavy atom. The van der Waals surface area contributed by atoms with E-state index in [1.165, 1.54) is 6.07 Å².